The molecule has 7 atom stereocenters. The van der Waals surface area contributed by atoms with Gasteiger partial charge in [0.2, 0.25) is 35.4 Å². The summed E-state index contributed by atoms with van der Waals surface area (Å²) >= 11 is 0. The van der Waals surface area contributed by atoms with Crippen LogP contribution in [0, 0.1) is 0 Å². The van der Waals surface area contributed by atoms with Crippen molar-refractivity contribution in [1.82, 2.24) is 26.2 Å². The Morgan fingerprint density at radius 1 is 0.926 bits per heavy atom. The van der Waals surface area contributed by atoms with Crippen molar-refractivity contribution < 1.29 is 82.8 Å². The summed E-state index contributed by atoms with van der Waals surface area (Å²) < 4.78 is 26.6. The first-order valence-corrected chi connectivity index (χ1v) is 17.2. The first-order chi connectivity index (χ1) is 25.6. The molecule has 2 fully saturated rings. The maximum atomic E-state index is 12.1. The van der Waals surface area contributed by atoms with Crippen molar-refractivity contribution in [3.05, 3.63) is 0 Å². The van der Waals surface area contributed by atoms with Gasteiger partial charge < -0.3 is 70.5 Å². The van der Waals surface area contributed by atoms with Crippen molar-refractivity contribution >= 4 is 49.3 Å². The Kier molecular flexibility index (Phi) is 20.5. The third kappa shape index (κ3) is 15.5. The van der Waals surface area contributed by atoms with Crippen LogP contribution >= 0.6 is 0 Å². The summed E-state index contributed by atoms with van der Waals surface area (Å²) in [4.78, 5) is 84.2. The van der Waals surface area contributed by atoms with Gasteiger partial charge in [-0.2, -0.15) is 0 Å². The van der Waals surface area contributed by atoms with E-state index in [4.69, 9.17) is 31.5 Å². The lowest BCUT2D eigenvalue weighted by Gasteiger charge is -2.46. The molecule has 0 bridgehead atoms. The Labute approximate surface area is 311 Å². The second kappa shape index (κ2) is 23.9. The molecule has 0 aromatic heterocycles. The predicted octanol–water partition coefficient (Wildman–Crippen LogP) is -5.95. The Bertz CT molecular complexity index is 1280. The number of rotatable bonds is 26. The van der Waals surface area contributed by atoms with Crippen molar-refractivity contribution in [2.75, 3.05) is 79.0 Å². The molecule has 0 saturated carbocycles. The Balaban J connectivity index is 1.52. The average molecular weight is 776 g/mol. The standard InChI is InChI=1S/C31H50BN5O17/c1-18(39)36-26-20(40)14-31(30(48)49,54-28(26)27(46)21(41)15-38)53-10-6-35-24(44)17-52-16-23(43)34-5-9-51-12-11-50-8-4-33-22(42)3-2-7-37-25(45)13-19(32)29(37)47/h19-21,26-28,38,40-41,46H,2-17H2,1H3,(H,33,42)(H,34,43)(H,35,44)(H,36,39)(H,48,49). The van der Waals surface area contributed by atoms with Gasteiger partial charge in [-0.25, -0.2) is 4.79 Å². The number of likely N-dealkylation sites (tertiary alicyclic amines) is 1. The van der Waals surface area contributed by atoms with Gasteiger partial charge in [-0.1, -0.05) is 0 Å². The lowest BCUT2D eigenvalue weighted by Crippen LogP contribution is -2.68. The average Bonchev–Trinajstić information content (AvgIpc) is 3.36. The van der Waals surface area contributed by atoms with Crippen LogP contribution in [-0.2, 0) is 57.2 Å². The van der Waals surface area contributed by atoms with Gasteiger partial charge >= 0.3 is 5.97 Å². The van der Waals surface area contributed by atoms with Gasteiger partial charge in [0.1, 0.15) is 31.5 Å². The topological polar surface area (TPSA) is 318 Å². The highest BCUT2D eigenvalue weighted by Gasteiger charge is 2.55. The zero-order valence-electron chi connectivity index (χ0n) is 29.9. The van der Waals surface area contributed by atoms with E-state index in [1.165, 1.54) is 0 Å². The Morgan fingerprint density at radius 2 is 1.50 bits per heavy atom. The Morgan fingerprint density at radius 3 is 2.02 bits per heavy atom. The third-order valence-corrected chi connectivity index (χ3v) is 7.99. The molecule has 54 heavy (non-hydrogen) atoms. The number of aliphatic carboxylic acids is 1. The number of hydrogen-bond acceptors (Lipinski definition) is 16. The maximum Gasteiger partial charge on any atom is 0.364 e. The van der Waals surface area contributed by atoms with E-state index >= 15 is 0 Å². The quantitative estimate of drug-likeness (QED) is 0.0224. The minimum atomic E-state index is -2.55. The normalized spacial score (nSPS) is 23.8. The molecule has 23 heteroatoms. The number of aliphatic hydroxyl groups is 4. The van der Waals surface area contributed by atoms with Gasteiger partial charge in [0.05, 0.1) is 59.6 Å². The third-order valence-electron chi connectivity index (χ3n) is 7.99. The van der Waals surface area contributed by atoms with Gasteiger partial charge in [0, 0.05) is 58.2 Å². The maximum absolute atomic E-state index is 12.1. The van der Waals surface area contributed by atoms with Crippen molar-refractivity contribution in [1.29, 1.82) is 0 Å². The van der Waals surface area contributed by atoms with Crippen LogP contribution in [-0.4, -0.2) is 195 Å². The number of carbonyl (C=O) groups is 7. The van der Waals surface area contributed by atoms with Gasteiger partial charge in [-0.05, 0) is 6.42 Å². The molecule has 7 unspecified atom stereocenters. The van der Waals surface area contributed by atoms with Crippen molar-refractivity contribution in [2.24, 2.45) is 0 Å². The summed E-state index contributed by atoms with van der Waals surface area (Å²) in [6, 6.07) is -1.36. The minimum absolute atomic E-state index is 0.0165. The van der Waals surface area contributed by atoms with E-state index in [2.05, 4.69) is 21.3 Å². The molecule has 0 spiro atoms. The number of carbonyl (C=O) groups excluding carboxylic acids is 6. The molecule has 9 N–H and O–H groups in total. The Hall–Kier alpha value is -3.81. The highest BCUT2D eigenvalue weighted by molar-refractivity contribution is 6.29. The molecule has 2 rings (SSSR count). The van der Waals surface area contributed by atoms with E-state index in [-0.39, 0.29) is 77.3 Å². The van der Waals surface area contributed by atoms with Gasteiger partial charge in [-0.3, -0.25) is 33.7 Å². The number of amides is 6. The van der Waals surface area contributed by atoms with Gasteiger partial charge in [-0.15, -0.1) is 0 Å². The van der Waals surface area contributed by atoms with E-state index in [9.17, 15) is 59.1 Å². The second-order valence-electron chi connectivity index (χ2n) is 12.3. The summed E-state index contributed by atoms with van der Waals surface area (Å²) in [6.07, 6.45) is -7.33. The van der Waals surface area contributed by atoms with Crippen molar-refractivity contribution in [2.45, 2.75) is 74.7 Å². The molecular formula is C31H50BN5O17. The lowest BCUT2D eigenvalue weighted by atomic mass is 9.86. The van der Waals surface area contributed by atoms with Crippen LogP contribution in [0.3, 0.4) is 0 Å². The number of nitrogens with zero attached hydrogens (tertiary/aromatic N) is 1. The monoisotopic (exact) mass is 775 g/mol. The fraction of sp³-hybridized carbons (Fsp3) is 0.774. The molecule has 22 nitrogen and oxygen atoms in total. The first kappa shape index (κ1) is 46.3. The van der Waals surface area contributed by atoms with E-state index in [1.54, 1.807) is 0 Å². The zero-order valence-corrected chi connectivity index (χ0v) is 29.9. The SMILES string of the molecule is [B]C1CC(=O)N(CCCC(=O)NCCOCCOCCNC(=O)COCC(=O)NCCOC2(C(=O)O)CC(O)C(NC(C)=O)C(C(O)C(O)CO)O2)C1=O. The van der Waals surface area contributed by atoms with Crippen LogP contribution in [0.2, 0.25) is 5.82 Å². The largest absolute Gasteiger partial charge is 0.477 e. The zero-order chi connectivity index (χ0) is 40.3. The van der Waals surface area contributed by atoms with Crippen LogP contribution in [0.15, 0.2) is 0 Å². The smallest absolute Gasteiger partial charge is 0.364 e. The van der Waals surface area contributed by atoms with Crippen molar-refractivity contribution in [3.8, 4) is 0 Å². The molecule has 2 aliphatic heterocycles. The number of carboxylic acid groups (broad SMARTS) is 1. The summed E-state index contributed by atoms with van der Waals surface area (Å²) in [7, 11) is 5.54. The number of imide groups is 1. The van der Waals surface area contributed by atoms with E-state index in [0.717, 1.165) is 11.8 Å². The molecule has 0 aromatic carbocycles. The molecular weight excluding hydrogens is 725 g/mol. The van der Waals surface area contributed by atoms with Crippen molar-refractivity contribution in [3.63, 3.8) is 0 Å². The van der Waals surface area contributed by atoms with Crippen LogP contribution in [0.4, 0.5) is 0 Å². The molecule has 2 radical (unpaired) electrons. The highest BCUT2D eigenvalue weighted by Crippen LogP contribution is 2.33. The number of ether oxygens (including phenoxy) is 5. The van der Waals surface area contributed by atoms with Crippen LogP contribution in [0.25, 0.3) is 0 Å². The van der Waals surface area contributed by atoms with E-state index < -0.39 is 105 Å². The molecule has 304 valence electrons. The molecule has 6 amide bonds. The van der Waals surface area contributed by atoms with Crippen LogP contribution in [0.1, 0.15) is 32.6 Å². The van der Waals surface area contributed by atoms with Gasteiger partial charge in [0.15, 0.2) is 0 Å². The molecule has 2 aliphatic rings. The van der Waals surface area contributed by atoms with Gasteiger partial charge in [0.25, 0.3) is 5.79 Å². The number of hydrogen-bond donors (Lipinski definition) is 9. The number of nitrogens with one attached hydrogen (secondary N) is 4. The number of aliphatic hydroxyl groups excluding tert-OH is 4. The minimum Gasteiger partial charge on any atom is -0.477 e. The van der Waals surface area contributed by atoms with Crippen LogP contribution in [0.5, 0.6) is 0 Å². The van der Waals surface area contributed by atoms with Crippen LogP contribution < -0.4 is 21.3 Å². The summed E-state index contributed by atoms with van der Waals surface area (Å²) in [5.41, 5.74) is 0. The van der Waals surface area contributed by atoms with E-state index in [0.29, 0.717) is 6.42 Å². The summed E-state index contributed by atoms with van der Waals surface area (Å²) in [5, 5.41) is 59.9. The molecule has 2 heterocycles. The predicted molar refractivity (Wildman–Crippen MR) is 180 cm³/mol. The fourth-order valence-electron chi connectivity index (χ4n) is 5.30. The first-order valence-electron chi connectivity index (χ1n) is 17.2. The summed E-state index contributed by atoms with van der Waals surface area (Å²) in [5.74, 6) is -7.93. The molecule has 0 aliphatic carbocycles. The lowest BCUT2D eigenvalue weighted by molar-refractivity contribution is -0.310. The summed E-state index contributed by atoms with van der Waals surface area (Å²) in [6.45, 7) is -0.143. The van der Waals surface area contributed by atoms with E-state index in [1.807, 2.05) is 0 Å². The molecule has 0 aromatic rings. The molecule has 2 saturated heterocycles. The number of carboxylic acids is 1. The second-order valence-corrected chi connectivity index (χ2v) is 12.3. The highest BCUT2D eigenvalue weighted by atomic mass is 16.7. The fourth-order valence-corrected chi connectivity index (χ4v) is 5.30.